The van der Waals surface area contributed by atoms with Crippen molar-refractivity contribution in [2.45, 2.75) is 39.5 Å². The number of nitrogens with one attached hydrogen (secondary N) is 1. The lowest BCUT2D eigenvalue weighted by Gasteiger charge is -2.15. The standard InChI is InChI=1S/C17H23NO2/c1-3-19-13-16-8-5-4-7-15(16)12-18-14(2)11-17-9-6-10-20-17/h4-10,14,18H,3,11-13H2,1-2H3. The molecule has 1 aromatic heterocycles. The van der Waals surface area contributed by atoms with Gasteiger partial charge in [-0.2, -0.15) is 0 Å². The van der Waals surface area contributed by atoms with Crippen LogP contribution in [0.1, 0.15) is 30.7 Å². The van der Waals surface area contributed by atoms with Gasteiger partial charge in [0.05, 0.1) is 12.9 Å². The number of benzene rings is 1. The smallest absolute Gasteiger partial charge is 0.105 e. The molecule has 108 valence electrons. The van der Waals surface area contributed by atoms with Gasteiger partial charge in [-0.1, -0.05) is 24.3 Å². The molecule has 1 heterocycles. The van der Waals surface area contributed by atoms with Crippen molar-refractivity contribution >= 4 is 0 Å². The molecular formula is C17H23NO2. The molecule has 0 bridgehead atoms. The Morgan fingerprint density at radius 1 is 1.15 bits per heavy atom. The predicted molar refractivity (Wildman–Crippen MR) is 80.5 cm³/mol. The van der Waals surface area contributed by atoms with E-state index >= 15 is 0 Å². The number of rotatable bonds is 8. The molecule has 2 aromatic rings. The summed E-state index contributed by atoms with van der Waals surface area (Å²) in [7, 11) is 0. The average Bonchev–Trinajstić information content (AvgIpc) is 2.96. The summed E-state index contributed by atoms with van der Waals surface area (Å²) in [6.45, 7) is 6.47. The molecule has 1 atom stereocenters. The van der Waals surface area contributed by atoms with Gasteiger partial charge >= 0.3 is 0 Å². The Morgan fingerprint density at radius 2 is 1.95 bits per heavy atom. The van der Waals surface area contributed by atoms with Crippen LogP contribution in [0.25, 0.3) is 0 Å². The fourth-order valence-corrected chi connectivity index (χ4v) is 2.17. The molecule has 0 aliphatic rings. The molecule has 1 N–H and O–H groups in total. The largest absolute Gasteiger partial charge is 0.469 e. The third-order valence-corrected chi connectivity index (χ3v) is 3.31. The molecule has 20 heavy (non-hydrogen) atoms. The van der Waals surface area contributed by atoms with E-state index in [0.29, 0.717) is 12.6 Å². The Bertz CT molecular complexity index is 493. The van der Waals surface area contributed by atoms with Gasteiger partial charge in [0, 0.05) is 25.6 Å². The fourth-order valence-electron chi connectivity index (χ4n) is 2.17. The highest BCUT2D eigenvalue weighted by atomic mass is 16.5. The van der Waals surface area contributed by atoms with E-state index in [4.69, 9.17) is 9.15 Å². The molecule has 0 aliphatic carbocycles. The number of hydrogen-bond acceptors (Lipinski definition) is 3. The summed E-state index contributed by atoms with van der Waals surface area (Å²) >= 11 is 0. The maximum Gasteiger partial charge on any atom is 0.105 e. The van der Waals surface area contributed by atoms with Crippen LogP contribution >= 0.6 is 0 Å². The maximum atomic E-state index is 5.51. The van der Waals surface area contributed by atoms with Crippen molar-refractivity contribution in [2.24, 2.45) is 0 Å². The van der Waals surface area contributed by atoms with E-state index < -0.39 is 0 Å². The second kappa shape index (κ2) is 7.88. The monoisotopic (exact) mass is 273 g/mol. The van der Waals surface area contributed by atoms with Gasteiger partial charge in [0.15, 0.2) is 0 Å². The Labute approximate surface area is 121 Å². The Morgan fingerprint density at radius 3 is 2.65 bits per heavy atom. The van der Waals surface area contributed by atoms with E-state index in [0.717, 1.165) is 25.3 Å². The molecule has 0 amide bonds. The predicted octanol–water partition coefficient (Wildman–Crippen LogP) is 3.54. The van der Waals surface area contributed by atoms with Crippen LogP contribution in [-0.4, -0.2) is 12.6 Å². The van der Waals surface area contributed by atoms with Gasteiger partial charge in [-0.05, 0) is 37.1 Å². The molecule has 0 fully saturated rings. The highest BCUT2D eigenvalue weighted by Gasteiger charge is 2.07. The molecule has 0 spiro atoms. The third-order valence-electron chi connectivity index (χ3n) is 3.31. The molecule has 3 heteroatoms. The normalized spacial score (nSPS) is 12.5. The lowest BCUT2D eigenvalue weighted by atomic mass is 10.1. The van der Waals surface area contributed by atoms with Crippen molar-refractivity contribution < 1.29 is 9.15 Å². The van der Waals surface area contributed by atoms with E-state index in [1.807, 2.05) is 19.1 Å². The molecule has 0 saturated carbocycles. The third kappa shape index (κ3) is 4.51. The first-order valence-electron chi connectivity index (χ1n) is 7.20. The molecule has 0 saturated heterocycles. The van der Waals surface area contributed by atoms with E-state index in [1.54, 1.807) is 6.26 Å². The summed E-state index contributed by atoms with van der Waals surface area (Å²) in [5.41, 5.74) is 2.55. The number of ether oxygens (including phenoxy) is 1. The quantitative estimate of drug-likeness (QED) is 0.799. The number of furan rings is 1. The van der Waals surface area contributed by atoms with E-state index in [-0.39, 0.29) is 0 Å². The van der Waals surface area contributed by atoms with Crippen LogP contribution in [0.4, 0.5) is 0 Å². The molecule has 1 aromatic carbocycles. The summed E-state index contributed by atoms with van der Waals surface area (Å²) in [4.78, 5) is 0. The van der Waals surface area contributed by atoms with E-state index in [1.165, 1.54) is 11.1 Å². The van der Waals surface area contributed by atoms with Gasteiger partial charge in [-0.15, -0.1) is 0 Å². The van der Waals surface area contributed by atoms with Crippen LogP contribution in [0.15, 0.2) is 47.1 Å². The van der Waals surface area contributed by atoms with Crippen molar-refractivity contribution in [3.8, 4) is 0 Å². The van der Waals surface area contributed by atoms with Gasteiger partial charge in [-0.3, -0.25) is 0 Å². The molecule has 2 rings (SSSR count). The Hall–Kier alpha value is -1.58. The van der Waals surface area contributed by atoms with Crippen LogP contribution in [-0.2, 0) is 24.3 Å². The number of hydrogen-bond donors (Lipinski definition) is 1. The minimum absolute atomic E-state index is 0.376. The lowest BCUT2D eigenvalue weighted by Crippen LogP contribution is -2.27. The molecule has 1 unspecified atom stereocenters. The van der Waals surface area contributed by atoms with Gasteiger partial charge in [0.25, 0.3) is 0 Å². The first-order valence-corrected chi connectivity index (χ1v) is 7.20. The van der Waals surface area contributed by atoms with Crippen LogP contribution < -0.4 is 5.32 Å². The average molecular weight is 273 g/mol. The minimum Gasteiger partial charge on any atom is -0.469 e. The summed E-state index contributed by atoms with van der Waals surface area (Å²) in [6.07, 6.45) is 2.63. The van der Waals surface area contributed by atoms with Gasteiger partial charge < -0.3 is 14.5 Å². The summed E-state index contributed by atoms with van der Waals surface area (Å²) in [5, 5.41) is 3.54. The Kier molecular flexibility index (Phi) is 5.84. The Balaban J connectivity index is 1.86. The van der Waals surface area contributed by atoms with Gasteiger partial charge in [-0.25, -0.2) is 0 Å². The summed E-state index contributed by atoms with van der Waals surface area (Å²) in [5.74, 6) is 1.02. The molecule has 0 radical (unpaired) electrons. The zero-order chi connectivity index (χ0) is 14.2. The molecule has 0 aliphatic heterocycles. The molecule has 3 nitrogen and oxygen atoms in total. The van der Waals surface area contributed by atoms with Crippen LogP contribution in [0.2, 0.25) is 0 Å². The van der Waals surface area contributed by atoms with Crippen LogP contribution in [0.5, 0.6) is 0 Å². The van der Waals surface area contributed by atoms with Crippen LogP contribution in [0.3, 0.4) is 0 Å². The van der Waals surface area contributed by atoms with Crippen LogP contribution in [0, 0.1) is 0 Å². The highest BCUT2D eigenvalue weighted by Crippen LogP contribution is 2.11. The second-order valence-electron chi connectivity index (χ2n) is 4.97. The van der Waals surface area contributed by atoms with Gasteiger partial charge in [0.2, 0.25) is 0 Å². The highest BCUT2D eigenvalue weighted by molar-refractivity contribution is 5.26. The lowest BCUT2D eigenvalue weighted by molar-refractivity contribution is 0.133. The fraction of sp³-hybridized carbons (Fsp3) is 0.412. The SMILES string of the molecule is CCOCc1ccccc1CNC(C)Cc1ccco1. The van der Waals surface area contributed by atoms with E-state index in [2.05, 4.69) is 36.5 Å². The summed E-state index contributed by atoms with van der Waals surface area (Å²) < 4.78 is 10.9. The van der Waals surface area contributed by atoms with Crippen molar-refractivity contribution in [1.29, 1.82) is 0 Å². The van der Waals surface area contributed by atoms with Gasteiger partial charge in [0.1, 0.15) is 5.76 Å². The first-order chi connectivity index (χ1) is 9.79. The molecular weight excluding hydrogens is 250 g/mol. The van der Waals surface area contributed by atoms with Crippen molar-refractivity contribution in [3.05, 3.63) is 59.5 Å². The van der Waals surface area contributed by atoms with Crippen molar-refractivity contribution in [2.75, 3.05) is 6.61 Å². The van der Waals surface area contributed by atoms with Crippen molar-refractivity contribution in [3.63, 3.8) is 0 Å². The minimum atomic E-state index is 0.376. The van der Waals surface area contributed by atoms with Crippen molar-refractivity contribution in [1.82, 2.24) is 5.32 Å². The van der Waals surface area contributed by atoms with E-state index in [9.17, 15) is 0 Å². The summed E-state index contributed by atoms with van der Waals surface area (Å²) in [6, 6.07) is 12.7. The first kappa shape index (κ1) is 14.8. The zero-order valence-corrected chi connectivity index (χ0v) is 12.3. The maximum absolute atomic E-state index is 5.51. The zero-order valence-electron chi connectivity index (χ0n) is 12.3. The second-order valence-corrected chi connectivity index (χ2v) is 4.97. The topological polar surface area (TPSA) is 34.4 Å².